The minimum Gasteiger partial charge on any atom is -0.481 e. The first-order chi connectivity index (χ1) is 12.1. The number of hydrogen-bond acceptors (Lipinski definition) is 4. The molecule has 26 heavy (non-hydrogen) atoms. The third-order valence-electron chi connectivity index (χ3n) is 3.62. The van der Waals surface area contributed by atoms with E-state index in [0.717, 1.165) is 18.7 Å². The van der Waals surface area contributed by atoms with E-state index in [9.17, 15) is 18.0 Å². The number of nitrogens with zero attached hydrogens (tertiary/aromatic N) is 1. The summed E-state index contributed by atoms with van der Waals surface area (Å²) in [5, 5.41) is 16.2. The van der Waals surface area contributed by atoms with Gasteiger partial charge in [-0.1, -0.05) is 42.5 Å². The third kappa shape index (κ3) is 8.13. The van der Waals surface area contributed by atoms with E-state index in [0.29, 0.717) is 13.0 Å². The Hall–Kier alpha value is -2.39. The van der Waals surface area contributed by atoms with Crippen molar-refractivity contribution in [2.75, 3.05) is 19.6 Å². The van der Waals surface area contributed by atoms with Crippen LogP contribution >= 0.6 is 0 Å². The lowest BCUT2D eigenvalue weighted by atomic mass is 9.95. The number of hydrogen-bond donors (Lipinski definition) is 3. The molecular formula is C17H21F3N2O4. The number of benzene rings is 1. The lowest BCUT2D eigenvalue weighted by Gasteiger charge is -2.33. The fourth-order valence-electron chi connectivity index (χ4n) is 2.46. The Labute approximate surface area is 148 Å². The number of piperidine rings is 1. The van der Waals surface area contributed by atoms with Gasteiger partial charge in [0.05, 0.1) is 5.92 Å². The Bertz CT molecular complexity index is 620. The number of carboxylic acid groups (broad SMARTS) is 2. The van der Waals surface area contributed by atoms with E-state index < -0.39 is 18.1 Å². The Morgan fingerprint density at radius 3 is 2.27 bits per heavy atom. The molecule has 1 aliphatic heterocycles. The number of carbonyl (C=O) groups is 2. The van der Waals surface area contributed by atoms with Crippen LogP contribution in [0.15, 0.2) is 36.4 Å². The van der Waals surface area contributed by atoms with E-state index in [2.05, 4.69) is 17.1 Å². The second-order valence-corrected chi connectivity index (χ2v) is 5.87. The number of carboxylic acids is 2. The molecule has 0 aliphatic carbocycles. The predicted octanol–water partition coefficient (Wildman–Crippen LogP) is 2.07. The van der Waals surface area contributed by atoms with E-state index in [4.69, 9.17) is 20.7 Å². The Kier molecular flexibility index (Phi) is 8.27. The van der Waals surface area contributed by atoms with Crippen LogP contribution < -0.4 is 5.73 Å². The zero-order chi connectivity index (χ0) is 19.7. The predicted molar refractivity (Wildman–Crippen MR) is 89.3 cm³/mol. The van der Waals surface area contributed by atoms with Gasteiger partial charge >= 0.3 is 18.1 Å². The summed E-state index contributed by atoms with van der Waals surface area (Å²) >= 11 is 0. The second-order valence-electron chi connectivity index (χ2n) is 5.87. The van der Waals surface area contributed by atoms with Crippen molar-refractivity contribution in [3.63, 3.8) is 0 Å². The molecule has 1 fully saturated rings. The highest BCUT2D eigenvalue weighted by molar-refractivity contribution is 5.73. The van der Waals surface area contributed by atoms with Gasteiger partial charge in [-0.05, 0) is 12.0 Å². The lowest BCUT2D eigenvalue weighted by molar-refractivity contribution is -0.192. The molecule has 1 aromatic rings. The summed E-state index contributed by atoms with van der Waals surface area (Å²) in [4.78, 5) is 22.0. The maximum absolute atomic E-state index is 11.0. The highest BCUT2D eigenvalue weighted by Gasteiger charge is 2.38. The van der Waals surface area contributed by atoms with E-state index in [1.165, 1.54) is 0 Å². The number of alkyl halides is 3. The van der Waals surface area contributed by atoms with Crippen LogP contribution in [0.2, 0.25) is 0 Å². The van der Waals surface area contributed by atoms with Crippen molar-refractivity contribution in [3.8, 4) is 0 Å². The van der Waals surface area contributed by atoms with Crippen molar-refractivity contribution >= 4 is 18.0 Å². The summed E-state index contributed by atoms with van der Waals surface area (Å²) in [6.07, 6.45) is -0.392. The number of nitrogens with two attached hydrogens (primary N) is 1. The topological polar surface area (TPSA) is 104 Å². The van der Waals surface area contributed by atoms with E-state index in [1.54, 1.807) is 0 Å². The van der Waals surface area contributed by atoms with Crippen molar-refractivity contribution in [3.05, 3.63) is 42.0 Å². The highest BCUT2D eigenvalue weighted by Crippen LogP contribution is 2.16. The molecule has 144 valence electrons. The molecule has 0 saturated carbocycles. The van der Waals surface area contributed by atoms with Gasteiger partial charge in [0, 0.05) is 25.7 Å². The maximum atomic E-state index is 11.0. The zero-order valence-electron chi connectivity index (χ0n) is 13.9. The summed E-state index contributed by atoms with van der Waals surface area (Å²) < 4.78 is 31.7. The Balaban J connectivity index is 0.000000412. The second kappa shape index (κ2) is 9.93. The highest BCUT2D eigenvalue weighted by atomic mass is 19.4. The molecule has 2 rings (SSSR count). The van der Waals surface area contributed by atoms with Crippen LogP contribution in [0.4, 0.5) is 13.2 Å². The molecule has 0 bridgehead atoms. The molecule has 1 aliphatic rings. The van der Waals surface area contributed by atoms with E-state index in [1.807, 2.05) is 30.3 Å². The fraction of sp³-hybridized carbons (Fsp3) is 0.412. The van der Waals surface area contributed by atoms with E-state index in [-0.39, 0.29) is 12.0 Å². The minimum atomic E-state index is -5.08. The first-order valence-corrected chi connectivity index (χ1v) is 7.82. The number of likely N-dealkylation sites (tertiary alicyclic amines) is 1. The molecule has 0 radical (unpaired) electrons. The van der Waals surface area contributed by atoms with Gasteiger partial charge in [-0.3, -0.25) is 9.69 Å². The smallest absolute Gasteiger partial charge is 0.481 e. The average Bonchev–Trinajstić information content (AvgIpc) is 2.55. The van der Waals surface area contributed by atoms with Crippen molar-refractivity contribution in [2.45, 2.75) is 18.6 Å². The lowest BCUT2D eigenvalue weighted by Crippen LogP contribution is -2.48. The van der Waals surface area contributed by atoms with Crippen molar-refractivity contribution < 1.29 is 33.0 Å². The van der Waals surface area contributed by atoms with Crippen LogP contribution in [0, 0.1) is 5.92 Å². The zero-order valence-corrected chi connectivity index (χ0v) is 13.9. The van der Waals surface area contributed by atoms with Crippen molar-refractivity contribution in [1.29, 1.82) is 0 Å². The SMILES string of the molecule is NC1CC(C(=O)O)CN(C/C=C/c2ccccc2)C1.O=C(O)C(F)(F)F. The fourth-order valence-corrected chi connectivity index (χ4v) is 2.46. The largest absolute Gasteiger partial charge is 0.490 e. The summed E-state index contributed by atoms with van der Waals surface area (Å²) in [5.41, 5.74) is 7.06. The van der Waals surface area contributed by atoms with Gasteiger partial charge in [-0.2, -0.15) is 13.2 Å². The van der Waals surface area contributed by atoms with Gasteiger partial charge < -0.3 is 15.9 Å². The number of rotatable bonds is 4. The average molecular weight is 374 g/mol. The molecule has 6 nitrogen and oxygen atoms in total. The van der Waals surface area contributed by atoms with Crippen molar-refractivity contribution in [1.82, 2.24) is 4.90 Å². The Morgan fingerprint density at radius 1 is 1.19 bits per heavy atom. The van der Waals surface area contributed by atoms with Crippen LogP contribution in [0.3, 0.4) is 0 Å². The molecule has 2 atom stereocenters. The normalized spacial score (nSPS) is 21.1. The summed E-state index contributed by atoms with van der Waals surface area (Å²) in [6.45, 7) is 2.09. The summed E-state index contributed by atoms with van der Waals surface area (Å²) in [6, 6.07) is 10.0. The standard InChI is InChI=1S/C15H20N2O2.C2HF3O2/c16-14-9-13(15(18)19)10-17(11-14)8-4-7-12-5-2-1-3-6-12;3-2(4,5)1(6)7/h1-7,13-14H,8-11,16H2,(H,18,19);(H,6,7)/b7-4+;. The van der Waals surface area contributed by atoms with Gasteiger partial charge in [0.1, 0.15) is 0 Å². The van der Waals surface area contributed by atoms with Crippen LogP contribution in [-0.2, 0) is 9.59 Å². The number of halogens is 3. The third-order valence-corrected chi connectivity index (χ3v) is 3.62. The van der Waals surface area contributed by atoms with Gasteiger partial charge in [0.15, 0.2) is 0 Å². The molecule has 0 amide bonds. The summed E-state index contributed by atoms with van der Waals surface area (Å²) in [5.74, 6) is -3.84. The van der Waals surface area contributed by atoms with Crippen LogP contribution in [-0.4, -0.2) is 58.9 Å². The van der Waals surface area contributed by atoms with Gasteiger partial charge in [-0.15, -0.1) is 0 Å². The van der Waals surface area contributed by atoms with Gasteiger partial charge in [-0.25, -0.2) is 4.79 Å². The monoisotopic (exact) mass is 374 g/mol. The molecule has 1 heterocycles. The van der Waals surface area contributed by atoms with Crippen LogP contribution in [0.1, 0.15) is 12.0 Å². The molecule has 9 heteroatoms. The van der Waals surface area contributed by atoms with E-state index >= 15 is 0 Å². The molecule has 2 unspecified atom stereocenters. The first-order valence-electron chi connectivity index (χ1n) is 7.82. The Morgan fingerprint density at radius 2 is 1.77 bits per heavy atom. The van der Waals surface area contributed by atoms with Crippen LogP contribution in [0.25, 0.3) is 6.08 Å². The molecular weight excluding hydrogens is 353 g/mol. The van der Waals surface area contributed by atoms with Crippen LogP contribution in [0.5, 0.6) is 0 Å². The van der Waals surface area contributed by atoms with Gasteiger partial charge in [0.2, 0.25) is 0 Å². The van der Waals surface area contributed by atoms with Crippen molar-refractivity contribution in [2.24, 2.45) is 11.7 Å². The molecule has 1 aromatic carbocycles. The maximum Gasteiger partial charge on any atom is 0.490 e. The molecule has 1 saturated heterocycles. The molecule has 0 aromatic heterocycles. The molecule has 0 spiro atoms. The summed E-state index contributed by atoms with van der Waals surface area (Å²) in [7, 11) is 0. The first kappa shape index (κ1) is 21.7. The minimum absolute atomic E-state index is 0.0417. The molecule has 4 N–H and O–H groups in total. The van der Waals surface area contributed by atoms with Gasteiger partial charge in [0.25, 0.3) is 0 Å². The quantitative estimate of drug-likeness (QED) is 0.745. The number of aliphatic carboxylic acids is 2.